The second-order valence-electron chi connectivity index (χ2n) is 4.25. The molecule has 2 heteroatoms. The lowest BCUT2D eigenvalue weighted by Gasteiger charge is -2.18. The summed E-state index contributed by atoms with van der Waals surface area (Å²) in [6, 6.07) is 21.0. The average Bonchev–Trinajstić information content (AvgIpc) is 2.46. The molecule has 0 aromatic heterocycles. The van der Waals surface area contributed by atoms with E-state index in [1.165, 1.54) is 11.1 Å². The molecule has 0 aliphatic carbocycles. The second kappa shape index (κ2) is 6.31. The highest BCUT2D eigenvalue weighted by molar-refractivity contribution is 7.80. The van der Waals surface area contributed by atoms with E-state index in [-0.39, 0.29) is 0 Å². The molecule has 0 heterocycles. The molecule has 0 aliphatic heterocycles. The molecular weight excluding hydrogens is 238 g/mol. The molecule has 0 radical (unpaired) electrons. The van der Waals surface area contributed by atoms with Crippen LogP contribution in [0.4, 0.5) is 0 Å². The van der Waals surface area contributed by atoms with E-state index in [0.717, 1.165) is 11.4 Å². The number of nitrogens with one attached hydrogen (secondary N) is 1. The minimum atomic E-state index is 0.326. The lowest BCUT2D eigenvalue weighted by atomic mass is 9.88. The molecule has 1 N–H and O–H groups in total. The molecule has 0 atom stereocenters. The maximum Gasteiger partial charge on any atom is 0.0760 e. The Hall–Kier alpha value is -1.67. The fourth-order valence-corrected chi connectivity index (χ4v) is 2.25. The van der Waals surface area contributed by atoms with Crippen molar-refractivity contribution in [3.63, 3.8) is 0 Å². The van der Waals surface area contributed by atoms with Gasteiger partial charge in [-0.3, -0.25) is 0 Å². The van der Waals surface area contributed by atoms with Crippen molar-refractivity contribution in [2.75, 3.05) is 7.05 Å². The minimum absolute atomic E-state index is 0.326. The second-order valence-corrected chi connectivity index (χ2v) is 4.74. The van der Waals surface area contributed by atoms with Gasteiger partial charge in [0.25, 0.3) is 0 Å². The monoisotopic (exact) mass is 255 g/mol. The van der Waals surface area contributed by atoms with Crippen molar-refractivity contribution < 1.29 is 0 Å². The largest absolute Gasteiger partial charge is 0.383 e. The van der Waals surface area contributed by atoms with Gasteiger partial charge in [-0.2, -0.15) is 0 Å². The zero-order valence-corrected chi connectivity index (χ0v) is 11.3. The van der Waals surface area contributed by atoms with Gasteiger partial charge in [-0.25, -0.2) is 0 Å². The van der Waals surface area contributed by atoms with Crippen molar-refractivity contribution in [3.8, 4) is 0 Å². The average molecular weight is 255 g/mol. The van der Waals surface area contributed by atoms with Crippen LogP contribution in [0.15, 0.2) is 60.7 Å². The molecule has 0 fully saturated rings. The Kier molecular flexibility index (Phi) is 4.48. The summed E-state index contributed by atoms with van der Waals surface area (Å²) < 4.78 is 0. The summed E-state index contributed by atoms with van der Waals surface area (Å²) in [5.41, 5.74) is 2.61. The first-order chi connectivity index (χ1) is 8.81. The van der Waals surface area contributed by atoms with Crippen LogP contribution in [0.5, 0.6) is 0 Å². The first-order valence-corrected chi connectivity index (χ1v) is 6.52. The number of rotatable bonds is 4. The summed E-state index contributed by atoms with van der Waals surface area (Å²) in [7, 11) is 1.88. The van der Waals surface area contributed by atoms with E-state index in [2.05, 4.69) is 53.8 Å². The van der Waals surface area contributed by atoms with Gasteiger partial charge in [0.15, 0.2) is 0 Å². The van der Waals surface area contributed by atoms with Crippen molar-refractivity contribution in [3.05, 3.63) is 71.8 Å². The molecule has 18 heavy (non-hydrogen) atoms. The molecule has 92 valence electrons. The van der Waals surface area contributed by atoms with Gasteiger partial charge in [-0.15, -0.1) is 0 Å². The standard InChI is InChI=1S/C16H17NS/c1-17-16(18)12-15(13-8-4-2-5-9-13)14-10-6-3-7-11-14/h2-11,15H,12H2,1H3,(H,17,18). The van der Waals surface area contributed by atoms with Gasteiger partial charge in [-0.1, -0.05) is 72.9 Å². The lowest BCUT2D eigenvalue weighted by molar-refractivity contribution is 0.844. The Morgan fingerprint density at radius 3 is 1.78 bits per heavy atom. The third kappa shape index (κ3) is 3.17. The van der Waals surface area contributed by atoms with Crippen LogP contribution in [0.3, 0.4) is 0 Å². The fourth-order valence-electron chi connectivity index (χ4n) is 2.09. The van der Waals surface area contributed by atoms with Crippen LogP contribution in [-0.2, 0) is 0 Å². The van der Waals surface area contributed by atoms with E-state index in [1.54, 1.807) is 0 Å². The molecule has 0 spiro atoms. The quantitative estimate of drug-likeness (QED) is 0.835. The Balaban J connectivity index is 2.32. The van der Waals surface area contributed by atoms with Crippen molar-refractivity contribution in [1.29, 1.82) is 0 Å². The Morgan fingerprint density at radius 1 is 0.944 bits per heavy atom. The number of hydrogen-bond acceptors (Lipinski definition) is 1. The predicted octanol–water partition coefficient (Wildman–Crippen LogP) is 3.76. The third-order valence-corrected chi connectivity index (χ3v) is 3.44. The molecule has 2 rings (SSSR count). The molecule has 2 aromatic rings. The first-order valence-electron chi connectivity index (χ1n) is 6.11. The van der Waals surface area contributed by atoms with Crippen LogP contribution in [-0.4, -0.2) is 12.0 Å². The van der Waals surface area contributed by atoms with Crippen molar-refractivity contribution in [2.24, 2.45) is 0 Å². The van der Waals surface area contributed by atoms with Crippen LogP contribution in [0.25, 0.3) is 0 Å². The summed E-state index contributed by atoms with van der Waals surface area (Å²) >= 11 is 5.32. The van der Waals surface area contributed by atoms with Crippen molar-refractivity contribution in [1.82, 2.24) is 5.32 Å². The first kappa shape index (κ1) is 12.8. The number of benzene rings is 2. The Bertz CT molecular complexity index is 454. The fraction of sp³-hybridized carbons (Fsp3) is 0.188. The number of thiocarbonyl (C=S) groups is 1. The van der Waals surface area contributed by atoms with Crippen LogP contribution < -0.4 is 5.32 Å². The summed E-state index contributed by atoms with van der Waals surface area (Å²) in [5.74, 6) is 0.326. The zero-order chi connectivity index (χ0) is 12.8. The zero-order valence-electron chi connectivity index (χ0n) is 10.5. The highest BCUT2D eigenvalue weighted by Gasteiger charge is 2.15. The van der Waals surface area contributed by atoms with Gasteiger partial charge in [0, 0.05) is 19.4 Å². The van der Waals surface area contributed by atoms with E-state index in [4.69, 9.17) is 12.2 Å². The number of hydrogen-bond donors (Lipinski definition) is 1. The van der Waals surface area contributed by atoms with Gasteiger partial charge >= 0.3 is 0 Å². The maximum atomic E-state index is 5.32. The van der Waals surface area contributed by atoms with Crippen LogP contribution in [0, 0.1) is 0 Å². The van der Waals surface area contributed by atoms with Gasteiger partial charge in [-0.05, 0) is 11.1 Å². The minimum Gasteiger partial charge on any atom is -0.383 e. The summed E-state index contributed by atoms with van der Waals surface area (Å²) in [5, 5.41) is 3.07. The van der Waals surface area contributed by atoms with E-state index < -0.39 is 0 Å². The van der Waals surface area contributed by atoms with E-state index in [9.17, 15) is 0 Å². The molecule has 0 saturated heterocycles. The summed E-state index contributed by atoms with van der Waals surface area (Å²) in [4.78, 5) is 0.896. The Labute approximate surface area is 114 Å². The molecule has 1 nitrogen and oxygen atoms in total. The molecule has 0 amide bonds. The Morgan fingerprint density at radius 2 is 1.39 bits per heavy atom. The molecular formula is C16H17NS. The normalized spacial score (nSPS) is 10.3. The maximum absolute atomic E-state index is 5.32. The van der Waals surface area contributed by atoms with Gasteiger partial charge < -0.3 is 5.32 Å². The molecule has 0 bridgehead atoms. The SMILES string of the molecule is CNC(=S)CC(c1ccccc1)c1ccccc1. The van der Waals surface area contributed by atoms with Gasteiger partial charge in [0.2, 0.25) is 0 Å². The van der Waals surface area contributed by atoms with E-state index in [0.29, 0.717) is 5.92 Å². The van der Waals surface area contributed by atoms with E-state index in [1.807, 2.05) is 19.2 Å². The smallest absolute Gasteiger partial charge is 0.0760 e. The van der Waals surface area contributed by atoms with Crippen LogP contribution in [0.2, 0.25) is 0 Å². The topological polar surface area (TPSA) is 12.0 Å². The molecule has 0 aliphatic rings. The predicted molar refractivity (Wildman–Crippen MR) is 81.0 cm³/mol. The van der Waals surface area contributed by atoms with E-state index >= 15 is 0 Å². The van der Waals surface area contributed by atoms with Gasteiger partial charge in [0.1, 0.15) is 0 Å². The van der Waals surface area contributed by atoms with Crippen molar-refractivity contribution in [2.45, 2.75) is 12.3 Å². The highest BCUT2D eigenvalue weighted by atomic mass is 32.1. The molecule has 0 saturated carbocycles. The molecule has 2 aromatic carbocycles. The van der Waals surface area contributed by atoms with Crippen LogP contribution in [0.1, 0.15) is 23.5 Å². The van der Waals surface area contributed by atoms with Crippen molar-refractivity contribution >= 4 is 17.2 Å². The summed E-state index contributed by atoms with van der Waals surface area (Å²) in [6.07, 6.45) is 0.847. The molecule has 0 unspecified atom stereocenters. The van der Waals surface area contributed by atoms with Gasteiger partial charge in [0.05, 0.1) is 4.99 Å². The highest BCUT2D eigenvalue weighted by Crippen LogP contribution is 2.27. The summed E-state index contributed by atoms with van der Waals surface area (Å²) in [6.45, 7) is 0. The third-order valence-electron chi connectivity index (χ3n) is 3.07. The lowest BCUT2D eigenvalue weighted by Crippen LogP contribution is -2.19. The van der Waals surface area contributed by atoms with Crippen LogP contribution >= 0.6 is 12.2 Å².